The van der Waals surface area contributed by atoms with E-state index in [2.05, 4.69) is 29.6 Å². The van der Waals surface area contributed by atoms with Crippen molar-refractivity contribution in [3.8, 4) is 5.75 Å². The van der Waals surface area contributed by atoms with Crippen LogP contribution in [0.4, 0.5) is 4.79 Å². The van der Waals surface area contributed by atoms with Crippen LogP contribution in [0.25, 0.3) is 0 Å². The van der Waals surface area contributed by atoms with E-state index in [9.17, 15) is 9.59 Å². The molecule has 0 heterocycles. The van der Waals surface area contributed by atoms with Gasteiger partial charge in [0.1, 0.15) is 31.3 Å². The quantitative estimate of drug-likeness (QED) is 0.317. The van der Waals surface area contributed by atoms with Gasteiger partial charge in [0.2, 0.25) is 0 Å². The second-order valence-corrected chi connectivity index (χ2v) is 9.07. The molecule has 1 amide bonds. The third-order valence-corrected chi connectivity index (χ3v) is 6.46. The van der Waals surface area contributed by atoms with Gasteiger partial charge in [0.25, 0.3) is 0 Å². The van der Waals surface area contributed by atoms with Gasteiger partial charge in [-0.05, 0) is 54.4 Å². The lowest BCUT2D eigenvalue weighted by Gasteiger charge is -2.30. The Morgan fingerprint density at radius 2 is 1.43 bits per heavy atom. The highest BCUT2D eigenvalue weighted by molar-refractivity contribution is 7.59. The topological polar surface area (TPSA) is 73.9 Å². The molecule has 0 unspecified atom stereocenters. The molecule has 0 bridgehead atoms. The van der Waals surface area contributed by atoms with E-state index in [1.165, 1.54) is 5.56 Å². The fourth-order valence-electron chi connectivity index (χ4n) is 4.50. The third-order valence-electron chi connectivity index (χ3n) is 6.46. The summed E-state index contributed by atoms with van der Waals surface area (Å²) >= 11 is 0. The predicted molar refractivity (Wildman–Crippen MR) is 148 cm³/mol. The number of ether oxygens (including phenoxy) is 3. The van der Waals surface area contributed by atoms with E-state index in [1.54, 1.807) is 0 Å². The normalized spacial score (nSPS) is 17.6. The molecule has 3 aromatic rings. The summed E-state index contributed by atoms with van der Waals surface area (Å²) in [5.41, 5.74) is 3.27. The highest BCUT2D eigenvalue weighted by atomic mass is 32.1. The molecule has 0 spiro atoms. The molecular weight excluding hydrogens is 486 g/mol. The molecule has 1 saturated carbocycles. The van der Waals surface area contributed by atoms with Gasteiger partial charge in [0, 0.05) is 0 Å². The van der Waals surface area contributed by atoms with Crippen LogP contribution in [0.5, 0.6) is 5.75 Å². The minimum Gasteiger partial charge on any atom is -0.489 e. The Morgan fingerprint density at radius 3 is 2.08 bits per heavy atom. The highest BCUT2D eigenvalue weighted by Crippen LogP contribution is 2.38. The minimum atomic E-state index is -0.738. The number of alkyl carbamates (subject to hydrolysis) is 1. The zero-order valence-electron chi connectivity index (χ0n) is 20.9. The van der Waals surface area contributed by atoms with Gasteiger partial charge in [-0.25, -0.2) is 4.79 Å². The standard InChI is InChI=1S/C30H33NO5.H2S/c32-19-26(31-30(33)36-21-24-11-5-2-6-12-24)22-34-27-17-15-25(16-18-27)28-13-7-8-14-29(28)35-20-23-9-3-1-4-10-23;/h1-14,19,25-27H,15-18,20-22H2,(H,31,33);1H2/t25?,26-,27?;/m1./s1. The Hall–Kier alpha value is -3.29. The van der Waals surface area contributed by atoms with Crippen molar-refractivity contribution in [3.05, 3.63) is 102 Å². The highest BCUT2D eigenvalue weighted by Gasteiger charge is 2.26. The number of hydrogen-bond acceptors (Lipinski definition) is 5. The van der Waals surface area contributed by atoms with E-state index in [4.69, 9.17) is 14.2 Å². The molecule has 1 N–H and O–H groups in total. The van der Waals surface area contributed by atoms with Crippen LogP contribution in [0.15, 0.2) is 84.9 Å². The predicted octanol–water partition coefficient (Wildman–Crippen LogP) is 5.92. The summed E-state index contributed by atoms with van der Waals surface area (Å²) in [5, 5.41) is 2.58. The van der Waals surface area contributed by atoms with E-state index in [0.29, 0.717) is 18.8 Å². The molecule has 0 aliphatic heterocycles. The van der Waals surface area contributed by atoms with Crippen molar-refractivity contribution in [2.75, 3.05) is 6.61 Å². The lowest BCUT2D eigenvalue weighted by atomic mass is 9.82. The van der Waals surface area contributed by atoms with E-state index in [-0.39, 0.29) is 32.8 Å². The summed E-state index contributed by atoms with van der Waals surface area (Å²) in [6.07, 6.45) is 3.86. The van der Waals surface area contributed by atoms with Crippen LogP contribution in [0.3, 0.4) is 0 Å². The summed E-state index contributed by atoms with van der Waals surface area (Å²) in [6, 6.07) is 27.1. The first-order valence-electron chi connectivity index (χ1n) is 12.5. The van der Waals surface area contributed by atoms with E-state index in [0.717, 1.165) is 42.6 Å². The van der Waals surface area contributed by atoms with Gasteiger partial charge in [-0.15, -0.1) is 0 Å². The number of para-hydroxylation sites is 1. The number of carbonyl (C=O) groups is 2. The number of aldehydes is 1. The van der Waals surface area contributed by atoms with Crippen LogP contribution in [-0.4, -0.2) is 31.1 Å². The maximum absolute atomic E-state index is 12.1. The molecule has 6 nitrogen and oxygen atoms in total. The summed E-state index contributed by atoms with van der Waals surface area (Å²) in [6.45, 7) is 0.833. The Labute approximate surface area is 225 Å². The molecule has 7 heteroatoms. The zero-order chi connectivity index (χ0) is 25.0. The molecule has 3 aromatic carbocycles. The zero-order valence-corrected chi connectivity index (χ0v) is 21.9. The average Bonchev–Trinajstić information content (AvgIpc) is 2.94. The van der Waals surface area contributed by atoms with Gasteiger partial charge in [-0.3, -0.25) is 0 Å². The molecule has 1 aliphatic carbocycles. The van der Waals surface area contributed by atoms with Gasteiger partial charge in [-0.1, -0.05) is 78.9 Å². The monoisotopic (exact) mass is 521 g/mol. The Kier molecular flexibility index (Phi) is 11.5. The van der Waals surface area contributed by atoms with Gasteiger partial charge >= 0.3 is 6.09 Å². The molecule has 1 aliphatic rings. The summed E-state index contributed by atoms with van der Waals surface area (Å²) < 4.78 is 17.3. The number of carbonyl (C=O) groups excluding carboxylic acids is 2. The first-order chi connectivity index (χ1) is 17.7. The van der Waals surface area contributed by atoms with Crippen LogP contribution in [0, 0.1) is 0 Å². The number of amides is 1. The minimum absolute atomic E-state index is 0. The number of hydrogen-bond donors (Lipinski definition) is 1. The summed E-state index contributed by atoms with van der Waals surface area (Å²) in [5.74, 6) is 1.34. The molecule has 0 saturated heterocycles. The molecule has 196 valence electrons. The third kappa shape index (κ3) is 8.95. The SMILES string of the molecule is O=C[C@H](COC1CCC(c2ccccc2OCc2ccccc2)CC1)NC(=O)OCc1ccccc1.S. The lowest BCUT2D eigenvalue weighted by Crippen LogP contribution is -2.40. The van der Waals surface area contributed by atoms with Crippen LogP contribution in [0.2, 0.25) is 0 Å². The Bertz CT molecular complexity index is 1090. The molecule has 1 atom stereocenters. The molecule has 1 fully saturated rings. The molecule has 37 heavy (non-hydrogen) atoms. The van der Waals surface area contributed by atoms with Crippen molar-refractivity contribution in [2.24, 2.45) is 0 Å². The lowest BCUT2D eigenvalue weighted by molar-refractivity contribution is -0.111. The fourth-order valence-corrected chi connectivity index (χ4v) is 4.50. The van der Waals surface area contributed by atoms with Crippen LogP contribution in [0.1, 0.15) is 48.3 Å². The first-order valence-corrected chi connectivity index (χ1v) is 12.5. The first kappa shape index (κ1) is 28.3. The maximum Gasteiger partial charge on any atom is 0.408 e. The van der Waals surface area contributed by atoms with Gasteiger partial charge in [0.05, 0.1) is 12.7 Å². The largest absolute Gasteiger partial charge is 0.489 e. The average molecular weight is 522 g/mol. The Balaban J connectivity index is 0.00000380. The van der Waals surface area contributed by atoms with Crippen molar-refractivity contribution in [3.63, 3.8) is 0 Å². The van der Waals surface area contributed by atoms with Crippen LogP contribution >= 0.6 is 13.5 Å². The van der Waals surface area contributed by atoms with Crippen molar-refractivity contribution in [1.29, 1.82) is 0 Å². The fraction of sp³-hybridized carbons (Fsp3) is 0.333. The van der Waals surface area contributed by atoms with Crippen LogP contribution in [-0.2, 0) is 27.5 Å². The summed E-state index contributed by atoms with van der Waals surface area (Å²) in [7, 11) is 0. The maximum atomic E-state index is 12.1. The van der Waals surface area contributed by atoms with Crippen molar-refractivity contribution < 1.29 is 23.8 Å². The van der Waals surface area contributed by atoms with Crippen LogP contribution < -0.4 is 10.1 Å². The molecular formula is C30H35NO5S. The molecule has 0 aromatic heterocycles. The number of rotatable bonds is 11. The second kappa shape index (κ2) is 15.1. The number of nitrogens with one attached hydrogen (secondary N) is 1. The second-order valence-electron chi connectivity index (χ2n) is 9.07. The molecule has 4 rings (SSSR count). The number of benzene rings is 3. The van der Waals surface area contributed by atoms with E-state index in [1.807, 2.05) is 60.7 Å². The molecule has 0 radical (unpaired) electrons. The van der Waals surface area contributed by atoms with Crippen molar-refractivity contribution in [1.82, 2.24) is 5.32 Å². The van der Waals surface area contributed by atoms with Gasteiger partial charge in [-0.2, -0.15) is 13.5 Å². The van der Waals surface area contributed by atoms with E-state index >= 15 is 0 Å². The Morgan fingerprint density at radius 1 is 0.838 bits per heavy atom. The van der Waals surface area contributed by atoms with Gasteiger partial charge in [0.15, 0.2) is 0 Å². The summed E-state index contributed by atoms with van der Waals surface area (Å²) in [4.78, 5) is 23.5. The van der Waals surface area contributed by atoms with E-state index < -0.39 is 12.1 Å². The van der Waals surface area contributed by atoms with Crippen molar-refractivity contribution in [2.45, 2.75) is 57.0 Å². The van der Waals surface area contributed by atoms with Gasteiger partial charge < -0.3 is 24.3 Å². The van der Waals surface area contributed by atoms with Crippen molar-refractivity contribution >= 4 is 25.9 Å². The smallest absolute Gasteiger partial charge is 0.408 e.